The molecular formula is C56H96N2O4. The second-order valence-corrected chi connectivity index (χ2v) is 18.4. The summed E-state index contributed by atoms with van der Waals surface area (Å²) in [6.45, 7) is 17.1. The first kappa shape index (κ1) is 55.8. The Bertz CT molecular complexity index is 1180. The lowest BCUT2D eigenvalue weighted by atomic mass is 10.0. The molecule has 0 saturated heterocycles. The molecule has 0 aliphatic heterocycles. The Morgan fingerprint density at radius 1 is 0.355 bits per heavy atom. The maximum atomic E-state index is 12.7. The van der Waals surface area contributed by atoms with E-state index in [-0.39, 0.29) is 24.8 Å². The standard InChI is InChI=1S/C56H96N2O4/c1-5-9-13-17-21-25-41-57(42-26-22-18-14-10-6-2)45-29-31-55(59)49-61-47-51-33-37-53(38-34-51)54-39-35-52(36-40-54)48-62-50-56(60)32-30-46-58(43-27-23-19-15-11-7-3)44-28-24-20-16-12-8-4/h33-40H,5-32,41-50H2,1-4H3. The average Bonchev–Trinajstić information content (AvgIpc) is 3.28. The highest BCUT2D eigenvalue weighted by molar-refractivity contribution is 5.80. The summed E-state index contributed by atoms with van der Waals surface area (Å²) in [7, 11) is 0. The Hall–Kier alpha value is -2.38. The molecule has 0 fully saturated rings. The van der Waals surface area contributed by atoms with Crippen LogP contribution < -0.4 is 0 Å². The molecule has 354 valence electrons. The Morgan fingerprint density at radius 3 is 0.903 bits per heavy atom. The number of Topliss-reactive ketones (excluding diaryl/α,β-unsaturated/α-hetero) is 2. The van der Waals surface area contributed by atoms with Gasteiger partial charge in [-0.15, -0.1) is 0 Å². The number of nitrogens with zero attached hydrogens (tertiary/aromatic N) is 2. The summed E-state index contributed by atoms with van der Waals surface area (Å²) in [5.41, 5.74) is 4.43. The van der Waals surface area contributed by atoms with Gasteiger partial charge >= 0.3 is 0 Å². The minimum Gasteiger partial charge on any atom is -0.369 e. The van der Waals surface area contributed by atoms with Crippen molar-refractivity contribution >= 4 is 11.6 Å². The summed E-state index contributed by atoms with van der Waals surface area (Å²) in [6, 6.07) is 16.8. The first-order chi connectivity index (χ1) is 30.5. The van der Waals surface area contributed by atoms with Crippen LogP contribution in [0.25, 0.3) is 11.1 Å². The van der Waals surface area contributed by atoms with Crippen LogP contribution in [-0.2, 0) is 32.3 Å². The molecule has 0 unspecified atom stereocenters. The number of ether oxygens (including phenoxy) is 2. The van der Waals surface area contributed by atoms with E-state index in [1.54, 1.807) is 0 Å². The van der Waals surface area contributed by atoms with Gasteiger partial charge in [-0.25, -0.2) is 0 Å². The topological polar surface area (TPSA) is 59.1 Å². The van der Waals surface area contributed by atoms with E-state index in [0.29, 0.717) is 26.1 Å². The van der Waals surface area contributed by atoms with Crippen molar-refractivity contribution < 1.29 is 19.1 Å². The van der Waals surface area contributed by atoms with Crippen molar-refractivity contribution in [3.8, 4) is 11.1 Å². The Morgan fingerprint density at radius 2 is 0.613 bits per heavy atom. The van der Waals surface area contributed by atoms with Gasteiger partial charge in [0.05, 0.1) is 13.2 Å². The van der Waals surface area contributed by atoms with Gasteiger partial charge in [0.1, 0.15) is 13.2 Å². The molecule has 0 aliphatic carbocycles. The summed E-state index contributed by atoms with van der Waals surface area (Å²) in [4.78, 5) is 30.7. The molecule has 62 heavy (non-hydrogen) atoms. The predicted octanol–water partition coefficient (Wildman–Crippen LogP) is 15.1. The Labute approximate surface area is 383 Å². The zero-order valence-electron chi connectivity index (χ0n) is 41.0. The van der Waals surface area contributed by atoms with E-state index >= 15 is 0 Å². The lowest BCUT2D eigenvalue weighted by Gasteiger charge is -2.22. The molecule has 2 rings (SSSR count). The summed E-state index contributed by atoms with van der Waals surface area (Å²) in [6.07, 6.45) is 34.9. The van der Waals surface area contributed by atoms with E-state index in [1.807, 2.05) is 0 Å². The molecule has 0 heterocycles. The molecule has 0 spiro atoms. The summed E-state index contributed by atoms with van der Waals surface area (Å²) in [5.74, 6) is 0.405. The zero-order chi connectivity index (χ0) is 44.6. The number of rotatable bonds is 45. The molecule has 0 aromatic heterocycles. The number of hydrogen-bond donors (Lipinski definition) is 0. The summed E-state index contributed by atoms with van der Waals surface area (Å²) >= 11 is 0. The van der Waals surface area contributed by atoms with E-state index < -0.39 is 0 Å². The highest BCUT2D eigenvalue weighted by atomic mass is 16.5. The van der Waals surface area contributed by atoms with Crippen LogP contribution in [-0.4, -0.2) is 73.8 Å². The van der Waals surface area contributed by atoms with Gasteiger partial charge in [0.25, 0.3) is 0 Å². The van der Waals surface area contributed by atoms with Crippen LogP contribution >= 0.6 is 0 Å². The number of carbonyl (C=O) groups excluding carboxylic acids is 2. The molecule has 0 atom stereocenters. The van der Waals surface area contributed by atoms with Crippen molar-refractivity contribution in [3.63, 3.8) is 0 Å². The van der Waals surface area contributed by atoms with Crippen LogP contribution in [0.4, 0.5) is 0 Å². The van der Waals surface area contributed by atoms with E-state index in [9.17, 15) is 9.59 Å². The normalized spacial score (nSPS) is 11.6. The first-order valence-corrected chi connectivity index (χ1v) is 26.3. The number of unbranched alkanes of at least 4 members (excludes halogenated alkanes) is 20. The van der Waals surface area contributed by atoms with Crippen LogP contribution in [0.5, 0.6) is 0 Å². The third kappa shape index (κ3) is 30.7. The molecule has 0 N–H and O–H groups in total. The molecule has 6 heteroatoms. The average molecular weight is 861 g/mol. The van der Waals surface area contributed by atoms with Crippen LogP contribution in [0, 0.1) is 0 Å². The monoisotopic (exact) mass is 861 g/mol. The highest BCUT2D eigenvalue weighted by Gasteiger charge is 2.10. The molecule has 2 aromatic carbocycles. The largest absolute Gasteiger partial charge is 0.369 e. The van der Waals surface area contributed by atoms with Crippen molar-refractivity contribution in [2.75, 3.05) is 52.5 Å². The lowest BCUT2D eigenvalue weighted by molar-refractivity contribution is -0.124. The number of hydrogen-bond acceptors (Lipinski definition) is 6. The number of benzene rings is 2. The highest BCUT2D eigenvalue weighted by Crippen LogP contribution is 2.21. The van der Waals surface area contributed by atoms with Crippen molar-refractivity contribution in [1.29, 1.82) is 0 Å². The van der Waals surface area contributed by atoms with Crippen LogP contribution in [0.2, 0.25) is 0 Å². The van der Waals surface area contributed by atoms with Crippen molar-refractivity contribution in [2.24, 2.45) is 0 Å². The zero-order valence-corrected chi connectivity index (χ0v) is 41.0. The second kappa shape index (κ2) is 40.2. The van der Waals surface area contributed by atoms with E-state index in [2.05, 4.69) is 86.0 Å². The van der Waals surface area contributed by atoms with Crippen molar-refractivity contribution in [3.05, 3.63) is 59.7 Å². The van der Waals surface area contributed by atoms with Gasteiger partial charge in [-0.3, -0.25) is 9.59 Å². The van der Waals surface area contributed by atoms with Crippen LogP contribution in [0.15, 0.2) is 48.5 Å². The molecule has 0 aliphatic rings. The third-order valence-electron chi connectivity index (χ3n) is 12.5. The fourth-order valence-corrected chi connectivity index (χ4v) is 8.43. The predicted molar refractivity (Wildman–Crippen MR) is 266 cm³/mol. The fourth-order valence-electron chi connectivity index (χ4n) is 8.43. The minimum absolute atomic E-state index is 0.183. The van der Waals surface area contributed by atoms with Gasteiger partial charge in [0.15, 0.2) is 11.6 Å². The summed E-state index contributed by atoms with van der Waals surface area (Å²) < 4.78 is 11.7. The molecule has 6 nitrogen and oxygen atoms in total. The molecular weight excluding hydrogens is 765 g/mol. The smallest absolute Gasteiger partial charge is 0.158 e. The minimum atomic E-state index is 0.183. The van der Waals surface area contributed by atoms with Gasteiger partial charge < -0.3 is 19.3 Å². The van der Waals surface area contributed by atoms with Gasteiger partial charge in [-0.1, -0.05) is 205 Å². The first-order valence-electron chi connectivity index (χ1n) is 26.3. The van der Waals surface area contributed by atoms with Crippen molar-refractivity contribution in [2.45, 2.75) is 221 Å². The third-order valence-corrected chi connectivity index (χ3v) is 12.5. The Balaban J connectivity index is 1.66. The van der Waals surface area contributed by atoms with Gasteiger partial charge in [0.2, 0.25) is 0 Å². The maximum Gasteiger partial charge on any atom is 0.158 e. The second-order valence-electron chi connectivity index (χ2n) is 18.4. The quantitative estimate of drug-likeness (QED) is 0.0618. The van der Waals surface area contributed by atoms with Crippen molar-refractivity contribution in [1.82, 2.24) is 9.80 Å². The number of ketones is 2. The lowest BCUT2D eigenvalue weighted by Crippen LogP contribution is -2.28. The summed E-state index contributed by atoms with van der Waals surface area (Å²) in [5, 5.41) is 0. The number of carbonyl (C=O) groups is 2. The van der Waals surface area contributed by atoms with Crippen LogP contribution in [0.1, 0.15) is 219 Å². The molecule has 0 amide bonds. The fraction of sp³-hybridized carbons (Fsp3) is 0.750. The van der Waals surface area contributed by atoms with E-state index in [1.165, 1.54) is 180 Å². The van der Waals surface area contributed by atoms with E-state index in [4.69, 9.17) is 9.47 Å². The Kier molecular flexibility index (Phi) is 36.1. The SMILES string of the molecule is CCCCCCCCN(CCCCCCCC)CCCC(=O)COCc1ccc(-c2ccc(COCC(=O)CCCN(CCCCCCCC)CCCCCCCC)cc2)cc1. The molecule has 0 bridgehead atoms. The molecule has 0 saturated carbocycles. The van der Waals surface area contributed by atoms with Gasteiger partial charge in [0, 0.05) is 12.8 Å². The van der Waals surface area contributed by atoms with Gasteiger partial charge in [-0.2, -0.15) is 0 Å². The van der Waals surface area contributed by atoms with Crippen LogP contribution in [0.3, 0.4) is 0 Å². The van der Waals surface area contributed by atoms with Gasteiger partial charge in [-0.05, 0) is 100 Å². The molecule has 0 radical (unpaired) electrons. The van der Waals surface area contributed by atoms with E-state index in [0.717, 1.165) is 48.2 Å². The molecule has 2 aromatic rings. The maximum absolute atomic E-state index is 12.7.